The van der Waals surface area contributed by atoms with Crippen molar-refractivity contribution in [3.05, 3.63) is 42.1 Å². The zero-order valence-electron chi connectivity index (χ0n) is 12.2. The summed E-state index contributed by atoms with van der Waals surface area (Å²) in [5.41, 5.74) is 6.92. The van der Waals surface area contributed by atoms with E-state index in [4.69, 9.17) is 5.73 Å². The predicted octanol–water partition coefficient (Wildman–Crippen LogP) is 3.08. The molecule has 1 aliphatic rings. The minimum atomic E-state index is -0.232. The largest absolute Gasteiger partial charge is 0.344 e. The van der Waals surface area contributed by atoms with Crippen molar-refractivity contribution in [2.24, 2.45) is 5.73 Å². The lowest BCUT2D eigenvalue weighted by Gasteiger charge is -2.28. The standard InChI is InChI=1S/C16H19N3O.2ClH/c17-11-16(9-3-4-10-16)19-15(20)14-8-7-12-5-1-2-6-13(12)18-14;;/h1-2,5-8H,3-4,9-11,17H2,(H,19,20);2*1H. The van der Waals surface area contributed by atoms with E-state index in [0.29, 0.717) is 12.2 Å². The van der Waals surface area contributed by atoms with Gasteiger partial charge in [-0.2, -0.15) is 0 Å². The molecule has 22 heavy (non-hydrogen) atoms. The molecule has 4 nitrogen and oxygen atoms in total. The van der Waals surface area contributed by atoms with Crippen molar-refractivity contribution in [2.75, 3.05) is 6.54 Å². The third-order valence-corrected chi connectivity index (χ3v) is 4.16. The SMILES string of the molecule is Cl.Cl.NCC1(NC(=O)c2ccc3ccccc3n2)CCCC1. The third-order valence-electron chi connectivity index (χ3n) is 4.16. The summed E-state index contributed by atoms with van der Waals surface area (Å²) in [4.78, 5) is 16.8. The summed E-state index contributed by atoms with van der Waals surface area (Å²) in [5, 5.41) is 4.14. The lowest BCUT2D eigenvalue weighted by atomic mass is 9.97. The molecule has 1 aliphatic carbocycles. The van der Waals surface area contributed by atoms with Gasteiger partial charge in [0.1, 0.15) is 5.69 Å². The summed E-state index contributed by atoms with van der Waals surface area (Å²) in [6, 6.07) is 11.5. The van der Waals surface area contributed by atoms with Crippen molar-refractivity contribution in [2.45, 2.75) is 31.2 Å². The molecule has 1 aromatic heterocycles. The number of halogens is 2. The summed E-state index contributed by atoms with van der Waals surface area (Å²) < 4.78 is 0. The number of carbonyl (C=O) groups is 1. The van der Waals surface area contributed by atoms with Gasteiger partial charge in [0.2, 0.25) is 0 Å². The number of nitrogens with two attached hydrogens (primary N) is 1. The molecule has 0 saturated heterocycles. The van der Waals surface area contributed by atoms with Crippen LogP contribution in [0.15, 0.2) is 36.4 Å². The molecule has 0 atom stereocenters. The molecule has 0 radical (unpaired) electrons. The summed E-state index contributed by atoms with van der Waals surface area (Å²) in [6.07, 6.45) is 4.18. The van der Waals surface area contributed by atoms with Crippen LogP contribution < -0.4 is 11.1 Å². The highest BCUT2D eigenvalue weighted by Crippen LogP contribution is 2.28. The minimum absolute atomic E-state index is 0. The maximum Gasteiger partial charge on any atom is 0.270 e. The second-order valence-corrected chi connectivity index (χ2v) is 5.53. The lowest BCUT2D eigenvalue weighted by Crippen LogP contribution is -2.51. The molecule has 1 amide bonds. The average molecular weight is 342 g/mol. The lowest BCUT2D eigenvalue weighted by molar-refractivity contribution is 0.0898. The van der Waals surface area contributed by atoms with Crippen LogP contribution in [0, 0.1) is 0 Å². The van der Waals surface area contributed by atoms with Crippen LogP contribution in [-0.2, 0) is 0 Å². The first-order chi connectivity index (χ1) is 9.72. The van der Waals surface area contributed by atoms with Crippen LogP contribution in [0.5, 0.6) is 0 Å². The fraction of sp³-hybridized carbons (Fsp3) is 0.375. The van der Waals surface area contributed by atoms with E-state index in [1.165, 1.54) is 0 Å². The Morgan fingerprint density at radius 2 is 1.82 bits per heavy atom. The van der Waals surface area contributed by atoms with Crippen LogP contribution in [-0.4, -0.2) is 23.0 Å². The Kier molecular flexibility index (Phi) is 6.60. The van der Waals surface area contributed by atoms with Crippen molar-refractivity contribution < 1.29 is 4.79 Å². The molecule has 3 rings (SSSR count). The summed E-state index contributed by atoms with van der Waals surface area (Å²) >= 11 is 0. The number of nitrogens with one attached hydrogen (secondary N) is 1. The Hall–Kier alpha value is -1.36. The average Bonchev–Trinajstić information content (AvgIpc) is 2.96. The first kappa shape index (κ1) is 18.7. The zero-order chi connectivity index (χ0) is 14.0. The van der Waals surface area contributed by atoms with Gasteiger partial charge in [-0.05, 0) is 25.0 Å². The van der Waals surface area contributed by atoms with Crippen molar-refractivity contribution in [1.82, 2.24) is 10.3 Å². The molecular weight excluding hydrogens is 321 g/mol. The van der Waals surface area contributed by atoms with Gasteiger partial charge in [0.25, 0.3) is 5.91 Å². The molecule has 6 heteroatoms. The van der Waals surface area contributed by atoms with Gasteiger partial charge in [0, 0.05) is 11.9 Å². The summed E-state index contributed by atoms with van der Waals surface area (Å²) in [5.74, 6) is -0.122. The monoisotopic (exact) mass is 341 g/mol. The van der Waals surface area contributed by atoms with E-state index < -0.39 is 0 Å². The van der Waals surface area contributed by atoms with Gasteiger partial charge < -0.3 is 11.1 Å². The van der Waals surface area contributed by atoms with E-state index in [9.17, 15) is 4.79 Å². The number of benzene rings is 1. The van der Waals surface area contributed by atoms with Crippen LogP contribution in [0.2, 0.25) is 0 Å². The van der Waals surface area contributed by atoms with Crippen LogP contribution in [0.25, 0.3) is 10.9 Å². The van der Waals surface area contributed by atoms with Crippen molar-refractivity contribution >= 4 is 41.6 Å². The fourth-order valence-electron chi connectivity index (χ4n) is 2.93. The van der Waals surface area contributed by atoms with E-state index in [-0.39, 0.29) is 36.3 Å². The van der Waals surface area contributed by atoms with Gasteiger partial charge in [-0.3, -0.25) is 4.79 Å². The number of hydrogen-bond acceptors (Lipinski definition) is 3. The molecule has 1 fully saturated rings. The molecule has 0 aliphatic heterocycles. The maximum absolute atomic E-state index is 12.4. The normalized spacial score (nSPS) is 15.7. The van der Waals surface area contributed by atoms with E-state index in [0.717, 1.165) is 36.6 Å². The molecule has 1 heterocycles. The van der Waals surface area contributed by atoms with Crippen LogP contribution in [0.1, 0.15) is 36.2 Å². The van der Waals surface area contributed by atoms with Crippen LogP contribution in [0.3, 0.4) is 0 Å². The van der Waals surface area contributed by atoms with Gasteiger partial charge in [-0.15, -0.1) is 24.8 Å². The van der Waals surface area contributed by atoms with Gasteiger partial charge in [-0.1, -0.05) is 37.1 Å². The van der Waals surface area contributed by atoms with Crippen LogP contribution >= 0.6 is 24.8 Å². The number of carbonyl (C=O) groups excluding carboxylic acids is 1. The predicted molar refractivity (Wildman–Crippen MR) is 94.0 cm³/mol. The topological polar surface area (TPSA) is 68.0 Å². The Balaban J connectivity index is 0.00000121. The molecule has 1 aromatic carbocycles. The second-order valence-electron chi connectivity index (χ2n) is 5.53. The minimum Gasteiger partial charge on any atom is -0.344 e. The van der Waals surface area contributed by atoms with Gasteiger partial charge in [0.15, 0.2) is 0 Å². The Morgan fingerprint density at radius 3 is 2.50 bits per heavy atom. The smallest absolute Gasteiger partial charge is 0.270 e. The molecule has 0 bridgehead atoms. The second kappa shape index (κ2) is 7.77. The van der Waals surface area contributed by atoms with Crippen molar-refractivity contribution in [3.63, 3.8) is 0 Å². The molecule has 2 aromatic rings. The summed E-state index contributed by atoms with van der Waals surface area (Å²) in [7, 11) is 0. The molecule has 3 N–H and O–H groups in total. The molecule has 0 unspecified atom stereocenters. The van der Waals surface area contributed by atoms with E-state index in [1.54, 1.807) is 6.07 Å². The maximum atomic E-state index is 12.4. The zero-order valence-corrected chi connectivity index (χ0v) is 13.9. The molecule has 0 spiro atoms. The van der Waals surface area contributed by atoms with E-state index in [1.807, 2.05) is 30.3 Å². The van der Waals surface area contributed by atoms with Crippen LogP contribution in [0.4, 0.5) is 0 Å². The highest BCUT2D eigenvalue weighted by Gasteiger charge is 2.34. The van der Waals surface area contributed by atoms with Gasteiger partial charge >= 0.3 is 0 Å². The highest BCUT2D eigenvalue weighted by atomic mass is 35.5. The highest BCUT2D eigenvalue weighted by molar-refractivity contribution is 5.95. The first-order valence-electron chi connectivity index (χ1n) is 7.11. The summed E-state index contributed by atoms with van der Waals surface area (Å²) in [6.45, 7) is 0.492. The van der Waals surface area contributed by atoms with Crippen molar-refractivity contribution in [3.8, 4) is 0 Å². The molecular formula is C16H21Cl2N3O. The number of fused-ring (bicyclic) bond motifs is 1. The Labute approximate surface area is 142 Å². The number of para-hydroxylation sites is 1. The Morgan fingerprint density at radius 1 is 1.14 bits per heavy atom. The van der Waals surface area contributed by atoms with Gasteiger partial charge in [0.05, 0.1) is 11.1 Å². The first-order valence-corrected chi connectivity index (χ1v) is 7.11. The quantitative estimate of drug-likeness (QED) is 0.901. The number of amides is 1. The molecule has 120 valence electrons. The number of aromatic nitrogens is 1. The van der Waals surface area contributed by atoms with Gasteiger partial charge in [-0.25, -0.2) is 4.98 Å². The Bertz CT molecular complexity index is 642. The van der Waals surface area contributed by atoms with E-state index >= 15 is 0 Å². The fourth-order valence-corrected chi connectivity index (χ4v) is 2.93. The number of pyridine rings is 1. The third kappa shape index (κ3) is 3.69. The molecule has 1 saturated carbocycles. The number of nitrogens with zero attached hydrogens (tertiary/aromatic N) is 1. The number of rotatable bonds is 3. The van der Waals surface area contributed by atoms with E-state index in [2.05, 4.69) is 10.3 Å². The van der Waals surface area contributed by atoms with Crippen molar-refractivity contribution in [1.29, 1.82) is 0 Å². The number of hydrogen-bond donors (Lipinski definition) is 2.